The molecule has 0 spiro atoms. The lowest BCUT2D eigenvalue weighted by Gasteiger charge is -2.34. The second kappa shape index (κ2) is 5.76. The number of nitrogens with one attached hydrogen (secondary N) is 1. The van der Waals surface area contributed by atoms with Gasteiger partial charge < -0.3 is 11.1 Å². The topological polar surface area (TPSA) is 63.8 Å². The minimum Gasteiger partial charge on any atom is -0.384 e. The summed E-state index contributed by atoms with van der Waals surface area (Å²) >= 11 is 0. The van der Waals surface area contributed by atoms with Crippen LogP contribution in [0.3, 0.4) is 0 Å². The summed E-state index contributed by atoms with van der Waals surface area (Å²) in [7, 11) is 0. The number of hydrogen-bond acceptors (Lipinski definition) is 4. The van der Waals surface area contributed by atoms with Gasteiger partial charge >= 0.3 is 0 Å². The fraction of sp³-hybridized carbons (Fsp3) is 0.733. The number of rotatable bonds is 4. The molecule has 1 aromatic heterocycles. The summed E-state index contributed by atoms with van der Waals surface area (Å²) in [6.45, 7) is 6.83. The first-order valence-corrected chi connectivity index (χ1v) is 7.38. The second-order valence-electron chi connectivity index (χ2n) is 6.43. The molecule has 3 N–H and O–H groups in total. The molecule has 0 aliphatic heterocycles. The molecule has 1 heterocycles. The van der Waals surface area contributed by atoms with E-state index >= 15 is 0 Å². The first-order valence-electron chi connectivity index (χ1n) is 7.38. The van der Waals surface area contributed by atoms with E-state index in [0.29, 0.717) is 17.3 Å². The predicted octanol–water partition coefficient (Wildman–Crippen LogP) is 3.39. The van der Waals surface area contributed by atoms with E-state index in [9.17, 15) is 0 Å². The smallest absolute Gasteiger partial charge is 0.133 e. The molecule has 2 rings (SSSR count). The van der Waals surface area contributed by atoms with Crippen LogP contribution in [0.4, 0.5) is 11.6 Å². The van der Waals surface area contributed by atoms with Gasteiger partial charge in [-0.05, 0) is 37.5 Å². The number of hydrogen-bond donors (Lipinski definition) is 2. The van der Waals surface area contributed by atoms with E-state index in [1.54, 1.807) is 0 Å². The Morgan fingerprint density at radius 2 is 2.00 bits per heavy atom. The molecule has 1 aromatic rings. The van der Waals surface area contributed by atoms with E-state index in [1.807, 2.05) is 6.07 Å². The molecule has 1 saturated carbocycles. The van der Waals surface area contributed by atoms with Crippen LogP contribution < -0.4 is 11.1 Å². The largest absolute Gasteiger partial charge is 0.384 e. The molecule has 4 nitrogen and oxygen atoms in total. The zero-order chi connectivity index (χ0) is 13.9. The Kier molecular flexibility index (Phi) is 4.27. The molecular formula is C15H26N4. The predicted molar refractivity (Wildman–Crippen MR) is 80.1 cm³/mol. The van der Waals surface area contributed by atoms with Gasteiger partial charge in [-0.25, -0.2) is 9.97 Å². The van der Waals surface area contributed by atoms with Crippen molar-refractivity contribution >= 4 is 11.6 Å². The van der Waals surface area contributed by atoms with Gasteiger partial charge in [0.1, 0.15) is 17.5 Å². The molecular weight excluding hydrogens is 236 g/mol. The molecule has 0 unspecified atom stereocenters. The summed E-state index contributed by atoms with van der Waals surface area (Å²) < 4.78 is 0. The lowest BCUT2D eigenvalue weighted by atomic mass is 9.75. The highest BCUT2D eigenvalue weighted by Gasteiger charge is 2.26. The van der Waals surface area contributed by atoms with E-state index in [2.05, 4.69) is 36.1 Å². The third-order valence-electron chi connectivity index (χ3n) is 3.96. The SMILES string of the molecule is CCCc1nc(N)cc(NC2CCC(C)(C)CC2)n1. The minimum absolute atomic E-state index is 0.496. The zero-order valence-electron chi connectivity index (χ0n) is 12.4. The molecule has 106 valence electrons. The van der Waals surface area contributed by atoms with E-state index in [1.165, 1.54) is 25.7 Å². The molecule has 0 atom stereocenters. The fourth-order valence-electron chi connectivity index (χ4n) is 2.68. The van der Waals surface area contributed by atoms with Gasteiger partial charge in [0.05, 0.1) is 0 Å². The fourth-order valence-corrected chi connectivity index (χ4v) is 2.68. The van der Waals surface area contributed by atoms with Crippen molar-refractivity contribution in [2.45, 2.75) is 65.3 Å². The van der Waals surface area contributed by atoms with Crippen molar-refractivity contribution in [2.24, 2.45) is 5.41 Å². The lowest BCUT2D eigenvalue weighted by molar-refractivity contribution is 0.232. The highest BCUT2D eigenvalue weighted by Crippen LogP contribution is 2.35. The molecule has 0 saturated heterocycles. The maximum atomic E-state index is 5.85. The Bertz CT molecular complexity index is 418. The van der Waals surface area contributed by atoms with Gasteiger partial charge in [0.25, 0.3) is 0 Å². The van der Waals surface area contributed by atoms with Crippen LogP contribution in [0.2, 0.25) is 0 Å². The lowest BCUT2D eigenvalue weighted by Crippen LogP contribution is -2.30. The second-order valence-corrected chi connectivity index (χ2v) is 6.43. The van der Waals surface area contributed by atoms with Crippen molar-refractivity contribution in [3.8, 4) is 0 Å². The standard InChI is InChI=1S/C15H26N4/c1-4-5-13-18-12(16)10-14(19-13)17-11-6-8-15(2,3)9-7-11/h10-11H,4-9H2,1-3H3,(H3,16,17,18,19). The number of anilines is 2. The van der Waals surface area contributed by atoms with E-state index < -0.39 is 0 Å². The van der Waals surface area contributed by atoms with E-state index in [0.717, 1.165) is 24.5 Å². The third-order valence-corrected chi connectivity index (χ3v) is 3.96. The number of nitrogen functional groups attached to an aromatic ring is 1. The quantitative estimate of drug-likeness (QED) is 0.873. The Hall–Kier alpha value is -1.32. The first kappa shape index (κ1) is 14.1. The van der Waals surface area contributed by atoms with Crippen molar-refractivity contribution in [1.29, 1.82) is 0 Å². The third kappa shape index (κ3) is 4.08. The molecule has 4 heteroatoms. The number of nitrogens with zero attached hydrogens (tertiary/aromatic N) is 2. The van der Waals surface area contributed by atoms with Gasteiger partial charge in [-0.3, -0.25) is 0 Å². The summed E-state index contributed by atoms with van der Waals surface area (Å²) in [5, 5.41) is 3.53. The van der Waals surface area contributed by atoms with Crippen molar-refractivity contribution in [1.82, 2.24) is 9.97 Å². The summed E-state index contributed by atoms with van der Waals surface area (Å²) in [4.78, 5) is 8.82. The highest BCUT2D eigenvalue weighted by molar-refractivity contribution is 5.45. The maximum Gasteiger partial charge on any atom is 0.133 e. The molecule has 1 aliphatic carbocycles. The van der Waals surface area contributed by atoms with Crippen LogP contribution in [0, 0.1) is 5.41 Å². The summed E-state index contributed by atoms with van der Waals surface area (Å²) in [6.07, 6.45) is 6.89. The molecule has 1 fully saturated rings. The van der Waals surface area contributed by atoms with Crippen LogP contribution >= 0.6 is 0 Å². The van der Waals surface area contributed by atoms with Crippen LogP contribution in [0.15, 0.2) is 6.07 Å². The van der Waals surface area contributed by atoms with Crippen LogP contribution in [-0.4, -0.2) is 16.0 Å². The Morgan fingerprint density at radius 3 is 2.63 bits per heavy atom. The Morgan fingerprint density at radius 1 is 1.32 bits per heavy atom. The van der Waals surface area contributed by atoms with E-state index in [4.69, 9.17) is 5.73 Å². The van der Waals surface area contributed by atoms with Crippen LogP contribution in [0.1, 0.15) is 58.7 Å². The summed E-state index contributed by atoms with van der Waals surface area (Å²) in [6, 6.07) is 2.37. The number of aryl methyl sites for hydroxylation is 1. The van der Waals surface area contributed by atoms with Crippen molar-refractivity contribution in [3.63, 3.8) is 0 Å². The molecule has 0 bridgehead atoms. The van der Waals surface area contributed by atoms with Gasteiger partial charge in [0, 0.05) is 18.5 Å². The zero-order valence-corrected chi connectivity index (χ0v) is 12.4. The normalized spacial score (nSPS) is 19.3. The minimum atomic E-state index is 0.496. The number of nitrogens with two attached hydrogens (primary N) is 1. The average Bonchev–Trinajstić information content (AvgIpc) is 2.32. The maximum absolute atomic E-state index is 5.85. The monoisotopic (exact) mass is 262 g/mol. The number of aromatic nitrogens is 2. The van der Waals surface area contributed by atoms with Gasteiger partial charge in [0.2, 0.25) is 0 Å². The summed E-state index contributed by atoms with van der Waals surface area (Å²) in [5.41, 5.74) is 6.34. The van der Waals surface area contributed by atoms with Crippen molar-refractivity contribution in [2.75, 3.05) is 11.1 Å². The van der Waals surface area contributed by atoms with Gasteiger partial charge in [-0.15, -0.1) is 0 Å². The van der Waals surface area contributed by atoms with Gasteiger partial charge in [0.15, 0.2) is 0 Å². The Labute approximate surface area is 116 Å². The van der Waals surface area contributed by atoms with Crippen LogP contribution in [-0.2, 0) is 6.42 Å². The van der Waals surface area contributed by atoms with Crippen LogP contribution in [0.25, 0.3) is 0 Å². The molecule has 1 aliphatic rings. The van der Waals surface area contributed by atoms with Gasteiger partial charge in [-0.1, -0.05) is 20.8 Å². The van der Waals surface area contributed by atoms with Crippen LogP contribution in [0.5, 0.6) is 0 Å². The molecule has 0 aromatic carbocycles. The first-order chi connectivity index (χ1) is 8.98. The average molecular weight is 262 g/mol. The molecule has 0 amide bonds. The Balaban J connectivity index is 1.99. The summed E-state index contributed by atoms with van der Waals surface area (Å²) in [5.74, 6) is 2.30. The van der Waals surface area contributed by atoms with Crippen molar-refractivity contribution < 1.29 is 0 Å². The van der Waals surface area contributed by atoms with Gasteiger partial charge in [-0.2, -0.15) is 0 Å². The van der Waals surface area contributed by atoms with Crippen molar-refractivity contribution in [3.05, 3.63) is 11.9 Å². The highest BCUT2D eigenvalue weighted by atomic mass is 15.1. The molecule has 19 heavy (non-hydrogen) atoms. The molecule has 0 radical (unpaired) electrons. The van der Waals surface area contributed by atoms with E-state index in [-0.39, 0.29) is 0 Å².